The summed E-state index contributed by atoms with van der Waals surface area (Å²) in [6.45, 7) is 0. The van der Waals surface area contributed by atoms with Gasteiger partial charge in [0.25, 0.3) is 0 Å². The van der Waals surface area contributed by atoms with E-state index in [-0.39, 0.29) is 0 Å². The Kier molecular flexibility index (Phi) is 5.92. The molecule has 4 heterocycles. The van der Waals surface area contributed by atoms with Gasteiger partial charge in [-0.2, -0.15) is 0 Å². The molecule has 0 saturated carbocycles. The molecule has 4 aromatic heterocycles. The van der Waals surface area contributed by atoms with Crippen molar-refractivity contribution in [2.45, 2.75) is 0 Å². The molecule has 4 nitrogen and oxygen atoms in total. The third-order valence-electron chi connectivity index (χ3n) is 10.4. The minimum Gasteiger partial charge on any atom is -0.456 e. The highest BCUT2D eigenvalue weighted by molar-refractivity contribution is 6.12. The van der Waals surface area contributed by atoms with Crippen molar-refractivity contribution in [1.82, 2.24) is 14.1 Å². The van der Waals surface area contributed by atoms with Gasteiger partial charge in [-0.25, -0.2) is 0 Å². The lowest BCUT2D eigenvalue weighted by molar-refractivity contribution is 0.669. The number of hydrogen-bond acceptors (Lipinski definition) is 2. The van der Waals surface area contributed by atoms with Crippen molar-refractivity contribution in [2.24, 2.45) is 0 Å². The summed E-state index contributed by atoms with van der Waals surface area (Å²) in [5.41, 5.74) is 13.1. The molecule has 0 spiro atoms. The molecule has 0 atom stereocenters. The molecule has 0 bridgehead atoms. The predicted molar refractivity (Wildman–Crippen MR) is 211 cm³/mol. The second-order valence-electron chi connectivity index (χ2n) is 13.2. The highest BCUT2D eigenvalue weighted by Gasteiger charge is 2.17. The van der Waals surface area contributed by atoms with Gasteiger partial charge < -0.3 is 13.6 Å². The van der Waals surface area contributed by atoms with Gasteiger partial charge in [-0.1, -0.05) is 97.1 Å². The van der Waals surface area contributed by atoms with E-state index < -0.39 is 0 Å². The molecular weight excluding hydrogens is 623 g/mol. The van der Waals surface area contributed by atoms with Crippen molar-refractivity contribution in [3.8, 4) is 33.6 Å². The van der Waals surface area contributed by atoms with E-state index in [9.17, 15) is 0 Å². The van der Waals surface area contributed by atoms with Gasteiger partial charge in [-0.05, 0) is 83.4 Å². The third kappa shape index (κ3) is 4.23. The molecule has 0 N–H and O–H groups in total. The molecule has 11 rings (SSSR count). The second-order valence-corrected chi connectivity index (χ2v) is 13.2. The van der Waals surface area contributed by atoms with Gasteiger partial charge >= 0.3 is 0 Å². The van der Waals surface area contributed by atoms with Crippen LogP contribution in [0.5, 0.6) is 0 Å². The Bertz CT molecular complexity index is 3090. The molecule has 0 aliphatic heterocycles. The zero-order valence-corrected chi connectivity index (χ0v) is 27.5. The monoisotopic (exact) mass is 651 g/mol. The number of aromatic nitrogens is 3. The average molecular weight is 652 g/mol. The minimum atomic E-state index is 0.868. The molecule has 238 valence electrons. The summed E-state index contributed by atoms with van der Waals surface area (Å²) in [6.07, 6.45) is 3.91. The molecule has 0 aliphatic rings. The van der Waals surface area contributed by atoms with E-state index in [2.05, 4.69) is 173 Å². The van der Waals surface area contributed by atoms with Crippen molar-refractivity contribution in [3.63, 3.8) is 0 Å². The number of fused-ring (bicyclic) bond motifs is 9. The molecule has 0 fully saturated rings. The van der Waals surface area contributed by atoms with Crippen LogP contribution in [0, 0.1) is 0 Å². The smallest absolute Gasteiger partial charge is 0.135 e. The highest BCUT2D eigenvalue weighted by Crippen LogP contribution is 2.39. The van der Waals surface area contributed by atoms with Crippen LogP contribution in [0.15, 0.2) is 181 Å². The van der Waals surface area contributed by atoms with E-state index in [1.165, 1.54) is 54.7 Å². The van der Waals surface area contributed by atoms with Crippen molar-refractivity contribution in [1.29, 1.82) is 0 Å². The summed E-state index contributed by atoms with van der Waals surface area (Å²) in [5, 5.41) is 7.12. The summed E-state index contributed by atoms with van der Waals surface area (Å²) >= 11 is 0. The van der Waals surface area contributed by atoms with Crippen molar-refractivity contribution in [2.75, 3.05) is 0 Å². The largest absolute Gasteiger partial charge is 0.456 e. The SMILES string of the molecule is c1ccc(-c2ccc3c(c2)c2ccccc2n3-c2ccc3oc4ccc(-c5cncc(-n6c7ccccc7c7ccccc76)c5)cc4c3c2)cc1. The Labute approximate surface area is 293 Å². The van der Waals surface area contributed by atoms with Crippen LogP contribution in [0.25, 0.3) is 99.2 Å². The van der Waals surface area contributed by atoms with Crippen LogP contribution in [-0.4, -0.2) is 14.1 Å². The van der Waals surface area contributed by atoms with Crippen LogP contribution in [0.1, 0.15) is 0 Å². The van der Waals surface area contributed by atoms with Gasteiger partial charge in [0.2, 0.25) is 0 Å². The molecule has 7 aromatic carbocycles. The molecule has 0 radical (unpaired) electrons. The number of hydrogen-bond donors (Lipinski definition) is 0. The van der Waals surface area contributed by atoms with E-state index in [1.807, 2.05) is 12.4 Å². The lowest BCUT2D eigenvalue weighted by Gasteiger charge is -2.10. The van der Waals surface area contributed by atoms with E-state index >= 15 is 0 Å². The second kappa shape index (κ2) is 10.8. The van der Waals surface area contributed by atoms with Crippen molar-refractivity contribution in [3.05, 3.63) is 176 Å². The lowest BCUT2D eigenvalue weighted by Crippen LogP contribution is -1.95. The predicted octanol–water partition coefficient (Wildman–Crippen LogP) is 12.5. The molecule has 51 heavy (non-hydrogen) atoms. The molecule has 0 aliphatic carbocycles. The van der Waals surface area contributed by atoms with Crippen LogP contribution < -0.4 is 0 Å². The molecule has 11 aromatic rings. The minimum absolute atomic E-state index is 0.868. The van der Waals surface area contributed by atoms with Gasteiger partial charge in [0.1, 0.15) is 11.2 Å². The molecule has 0 amide bonds. The Morgan fingerprint density at radius 1 is 0.333 bits per heavy atom. The maximum atomic E-state index is 6.41. The fraction of sp³-hybridized carbons (Fsp3) is 0. The summed E-state index contributed by atoms with van der Waals surface area (Å²) in [4.78, 5) is 4.74. The standard InChI is InChI=1S/C47H29N3O/c1-2-10-30(11-3-1)31-18-21-45-39(25-31)38-14-6-9-17-44(38)49(45)34-20-23-47-41(27-34)40-26-32(19-22-46(40)51-47)33-24-35(29-48-28-33)50-42-15-7-4-12-36(42)37-13-5-8-16-43(37)50/h1-29H. The normalized spacial score (nSPS) is 11.9. The molecular formula is C47H29N3O. The summed E-state index contributed by atoms with van der Waals surface area (Å²) < 4.78 is 11.1. The van der Waals surface area contributed by atoms with Crippen LogP contribution in [0.2, 0.25) is 0 Å². The van der Waals surface area contributed by atoms with Crippen LogP contribution >= 0.6 is 0 Å². The van der Waals surface area contributed by atoms with Crippen LogP contribution in [0.4, 0.5) is 0 Å². The average Bonchev–Trinajstić information content (AvgIpc) is 3.85. The number of nitrogens with zero attached hydrogens (tertiary/aromatic N) is 3. The Hall–Kier alpha value is -6.91. The van der Waals surface area contributed by atoms with E-state index in [1.54, 1.807) is 0 Å². The molecule has 4 heteroatoms. The van der Waals surface area contributed by atoms with E-state index in [4.69, 9.17) is 9.40 Å². The lowest BCUT2D eigenvalue weighted by atomic mass is 10.0. The number of furan rings is 1. The quantitative estimate of drug-likeness (QED) is 0.190. The van der Waals surface area contributed by atoms with Crippen LogP contribution in [0.3, 0.4) is 0 Å². The van der Waals surface area contributed by atoms with Gasteiger partial charge in [-0.3, -0.25) is 4.98 Å². The maximum absolute atomic E-state index is 6.41. The number of pyridine rings is 1. The maximum Gasteiger partial charge on any atom is 0.135 e. The van der Waals surface area contributed by atoms with Gasteiger partial charge in [0.15, 0.2) is 0 Å². The number of benzene rings is 7. The van der Waals surface area contributed by atoms with E-state index in [0.29, 0.717) is 0 Å². The zero-order chi connectivity index (χ0) is 33.5. The number of para-hydroxylation sites is 3. The Balaban J connectivity index is 1.06. The molecule has 0 saturated heterocycles. The van der Waals surface area contributed by atoms with Gasteiger partial charge in [0.05, 0.1) is 34.0 Å². The zero-order valence-electron chi connectivity index (χ0n) is 27.5. The Morgan fingerprint density at radius 2 is 0.863 bits per heavy atom. The van der Waals surface area contributed by atoms with Gasteiger partial charge in [0, 0.05) is 49.8 Å². The first-order chi connectivity index (χ1) is 25.3. The van der Waals surface area contributed by atoms with E-state index in [0.717, 1.165) is 44.4 Å². The van der Waals surface area contributed by atoms with Crippen molar-refractivity contribution >= 4 is 65.6 Å². The third-order valence-corrected chi connectivity index (χ3v) is 10.4. The first-order valence-electron chi connectivity index (χ1n) is 17.3. The van der Waals surface area contributed by atoms with Crippen molar-refractivity contribution < 1.29 is 4.42 Å². The molecule has 0 unspecified atom stereocenters. The number of rotatable bonds is 4. The topological polar surface area (TPSA) is 35.9 Å². The fourth-order valence-corrected chi connectivity index (χ4v) is 8.05. The Morgan fingerprint density at radius 3 is 1.59 bits per heavy atom. The van der Waals surface area contributed by atoms with Gasteiger partial charge in [-0.15, -0.1) is 0 Å². The van der Waals surface area contributed by atoms with Crippen LogP contribution in [-0.2, 0) is 0 Å². The highest BCUT2D eigenvalue weighted by atomic mass is 16.3. The first kappa shape index (κ1) is 28.0. The first-order valence-corrected chi connectivity index (χ1v) is 17.3. The summed E-state index contributed by atoms with van der Waals surface area (Å²) in [7, 11) is 0. The summed E-state index contributed by atoms with van der Waals surface area (Å²) in [5.74, 6) is 0. The summed E-state index contributed by atoms with van der Waals surface area (Å²) in [6, 6.07) is 58.5. The fourth-order valence-electron chi connectivity index (χ4n) is 8.05.